The van der Waals surface area contributed by atoms with E-state index in [1.807, 2.05) is 14.0 Å². The Hall–Kier alpha value is -1.07. The van der Waals surface area contributed by atoms with Gasteiger partial charge in [0.1, 0.15) is 0 Å². The van der Waals surface area contributed by atoms with E-state index in [9.17, 15) is 0 Å². The van der Waals surface area contributed by atoms with E-state index in [2.05, 4.69) is 10.4 Å². The Morgan fingerprint density at radius 2 is 2.00 bits per heavy atom. The number of ether oxygens (including phenoxy) is 1. The van der Waals surface area contributed by atoms with Crippen molar-refractivity contribution in [1.29, 1.82) is 0 Å². The predicted molar refractivity (Wildman–Crippen MR) is 80.9 cm³/mol. The van der Waals surface area contributed by atoms with E-state index >= 15 is 0 Å². The Kier molecular flexibility index (Phi) is 5.43. The molecule has 1 unspecified atom stereocenters. The van der Waals surface area contributed by atoms with Crippen molar-refractivity contribution in [3.63, 3.8) is 0 Å². The van der Waals surface area contributed by atoms with E-state index < -0.39 is 0 Å². The van der Waals surface area contributed by atoms with Crippen molar-refractivity contribution >= 4 is 0 Å². The van der Waals surface area contributed by atoms with Crippen LogP contribution in [0.25, 0.3) is 0 Å². The van der Waals surface area contributed by atoms with Gasteiger partial charge in [-0.05, 0) is 19.8 Å². The first-order chi connectivity index (χ1) is 9.67. The number of nitrogens with one attached hydrogen (secondary N) is 1. The van der Waals surface area contributed by atoms with Crippen molar-refractivity contribution in [2.75, 3.05) is 13.7 Å². The summed E-state index contributed by atoms with van der Waals surface area (Å²) in [5.74, 6) is 0.819. The van der Waals surface area contributed by atoms with E-state index in [1.54, 1.807) is 11.8 Å². The number of hydrogen-bond donors (Lipinski definition) is 2. The Morgan fingerprint density at radius 1 is 1.35 bits per heavy atom. The van der Waals surface area contributed by atoms with Gasteiger partial charge in [-0.25, -0.2) is 4.68 Å². The maximum Gasteiger partial charge on any atom is 0.216 e. The van der Waals surface area contributed by atoms with Crippen LogP contribution in [0.1, 0.15) is 55.8 Å². The van der Waals surface area contributed by atoms with E-state index in [0.29, 0.717) is 12.6 Å². The summed E-state index contributed by atoms with van der Waals surface area (Å²) in [7, 11) is 3.60. The average Bonchev–Trinajstić information content (AvgIpc) is 2.61. The number of hydrogen-bond acceptors (Lipinski definition) is 4. The molecule has 1 heterocycles. The number of rotatable bonds is 5. The van der Waals surface area contributed by atoms with Crippen molar-refractivity contribution in [3.8, 4) is 5.88 Å². The van der Waals surface area contributed by atoms with E-state index in [-0.39, 0.29) is 6.04 Å². The van der Waals surface area contributed by atoms with E-state index in [0.717, 1.165) is 17.1 Å². The largest absolute Gasteiger partial charge is 0.481 e. The molecule has 0 aliphatic heterocycles. The van der Waals surface area contributed by atoms with Gasteiger partial charge in [-0.1, -0.05) is 25.7 Å². The predicted octanol–water partition coefficient (Wildman–Crippen LogP) is 2.05. The minimum atomic E-state index is 0.127. The van der Waals surface area contributed by atoms with Crippen molar-refractivity contribution < 1.29 is 4.74 Å². The molecular weight excluding hydrogens is 252 g/mol. The van der Waals surface area contributed by atoms with Gasteiger partial charge in [0.15, 0.2) is 0 Å². The Morgan fingerprint density at radius 3 is 2.55 bits per heavy atom. The summed E-state index contributed by atoms with van der Waals surface area (Å²) in [6.07, 6.45) is 7.86. The summed E-state index contributed by atoms with van der Waals surface area (Å²) in [6.45, 7) is 2.59. The molecule has 1 aliphatic rings. The standard InChI is InChI=1S/C15H28N4O/c1-11-14(15(20-3)19(2)18-11)13(10-16)17-12-8-6-4-5-7-9-12/h12-13,17H,4-10,16H2,1-3H3. The maximum absolute atomic E-state index is 6.01. The lowest BCUT2D eigenvalue weighted by atomic mass is 10.0. The first-order valence-electron chi connectivity index (χ1n) is 7.71. The van der Waals surface area contributed by atoms with Gasteiger partial charge in [0.25, 0.3) is 0 Å². The highest BCUT2D eigenvalue weighted by molar-refractivity contribution is 5.34. The van der Waals surface area contributed by atoms with Crippen molar-refractivity contribution in [2.24, 2.45) is 12.8 Å². The SMILES string of the molecule is COc1c(C(CN)NC2CCCCCC2)c(C)nn1C. The molecule has 5 nitrogen and oxygen atoms in total. The fraction of sp³-hybridized carbons (Fsp3) is 0.800. The third kappa shape index (κ3) is 3.33. The molecule has 0 radical (unpaired) electrons. The highest BCUT2D eigenvalue weighted by Crippen LogP contribution is 2.29. The Bertz CT molecular complexity index is 422. The summed E-state index contributed by atoms with van der Waals surface area (Å²) in [5.41, 5.74) is 8.12. The number of methoxy groups -OCH3 is 1. The number of aryl methyl sites for hydroxylation is 2. The van der Waals surface area contributed by atoms with Crippen LogP contribution in [-0.4, -0.2) is 29.5 Å². The fourth-order valence-corrected chi connectivity index (χ4v) is 3.30. The molecule has 1 aromatic rings. The fourth-order valence-electron chi connectivity index (χ4n) is 3.30. The molecule has 0 saturated heterocycles. The number of aromatic nitrogens is 2. The summed E-state index contributed by atoms with van der Waals surface area (Å²) < 4.78 is 7.29. The van der Waals surface area contributed by atoms with Gasteiger partial charge in [0.2, 0.25) is 5.88 Å². The molecule has 0 amide bonds. The quantitative estimate of drug-likeness (QED) is 0.810. The lowest BCUT2D eigenvalue weighted by molar-refractivity contribution is 0.352. The second-order valence-corrected chi connectivity index (χ2v) is 5.78. The maximum atomic E-state index is 6.01. The van der Waals surface area contributed by atoms with Gasteiger partial charge in [0.05, 0.1) is 24.4 Å². The third-order valence-corrected chi connectivity index (χ3v) is 4.28. The van der Waals surface area contributed by atoms with Gasteiger partial charge in [-0.15, -0.1) is 0 Å². The van der Waals surface area contributed by atoms with Crippen molar-refractivity contribution in [3.05, 3.63) is 11.3 Å². The number of nitrogens with two attached hydrogens (primary N) is 1. The zero-order valence-electron chi connectivity index (χ0n) is 13.0. The molecule has 5 heteroatoms. The summed E-state index contributed by atoms with van der Waals surface area (Å²) in [4.78, 5) is 0. The number of nitrogens with zero attached hydrogens (tertiary/aromatic N) is 2. The van der Waals surface area contributed by atoms with Gasteiger partial charge in [-0.3, -0.25) is 0 Å². The molecule has 20 heavy (non-hydrogen) atoms. The first-order valence-corrected chi connectivity index (χ1v) is 7.71. The Labute approximate surface area is 121 Å². The van der Waals surface area contributed by atoms with Gasteiger partial charge < -0.3 is 15.8 Å². The summed E-state index contributed by atoms with van der Waals surface area (Å²) >= 11 is 0. The van der Waals surface area contributed by atoms with Crippen LogP contribution < -0.4 is 15.8 Å². The molecule has 114 valence electrons. The van der Waals surface area contributed by atoms with Crippen LogP contribution in [0, 0.1) is 6.92 Å². The van der Waals surface area contributed by atoms with Crippen LogP contribution in [0.5, 0.6) is 5.88 Å². The normalized spacial score (nSPS) is 18.8. The van der Waals surface area contributed by atoms with Crippen LogP contribution in [0.3, 0.4) is 0 Å². The second kappa shape index (κ2) is 7.09. The molecule has 1 fully saturated rings. The zero-order valence-corrected chi connectivity index (χ0v) is 13.0. The van der Waals surface area contributed by atoms with Crippen LogP contribution in [0.15, 0.2) is 0 Å². The average molecular weight is 280 g/mol. The minimum absolute atomic E-state index is 0.127. The monoisotopic (exact) mass is 280 g/mol. The topological polar surface area (TPSA) is 65.1 Å². The van der Waals surface area contributed by atoms with Crippen molar-refractivity contribution in [1.82, 2.24) is 15.1 Å². The lowest BCUT2D eigenvalue weighted by Crippen LogP contribution is -2.36. The van der Waals surface area contributed by atoms with Crippen LogP contribution in [0.4, 0.5) is 0 Å². The van der Waals surface area contributed by atoms with Crippen LogP contribution >= 0.6 is 0 Å². The van der Waals surface area contributed by atoms with Crippen LogP contribution in [-0.2, 0) is 7.05 Å². The minimum Gasteiger partial charge on any atom is -0.481 e. The van der Waals surface area contributed by atoms with E-state index in [4.69, 9.17) is 10.5 Å². The highest BCUT2D eigenvalue weighted by atomic mass is 16.5. The molecule has 0 spiro atoms. The molecule has 3 N–H and O–H groups in total. The highest BCUT2D eigenvalue weighted by Gasteiger charge is 2.24. The van der Waals surface area contributed by atoms with Crippen molar-refractivity contribution in [2.45, 2.75) is 57.5 Å². The first kappa shape index (κ1) is 15.3. The molecule has 2 rings (SSSR count). The van der Waals surface area contributed by atoms with E-state index in [1.165, 1.54) is 38.5 Å². The smallest absolute Gasteiger partial charge is 0.216 e. The zero-order chi connectivity index (χ0) is 14.5. The molecular formula is C15H28N4O. The second-order valence-electron chi connectivity index (χ2n) is 5.78. The molecule has 1 aliphatic carbocycles. The lowest BCUT2D eigenvalue weighted by Gasteiger charge is -2.24. The molecule has 0 bridgehead atoms. The van der Waals surface area contributed by atoms with Gasteiger partial charge in [0, 0.05) is 19.6 Å². The van der Waals surface area contributed by atoms with Gasteiger partial charge >= 0.3 is 0 Å². The summed E-state index contributed by atoms with van der Waals surface area (Å²) in [5, 5.41) is 8.19. The van der Waals surface area contributed by atoms with Crippen LogP contribution in [0.2, 0.25) is 0 Å². The molecule has 1 aromatic heterocycles. The molecule has 1 saturated carbocycles. The molecule has 0 aromatic carbocycles. The Balaban J connectivity index is 2.15. The van der Waals surface area contributed by atoms with Gasteiger partial charge in [-0.2, -0.15) is 5.10 Å². The third-order valence-electron chi connectivity index (χ3n) is 4.28. The summed E-state index contributed by atoms with van der Waals surface area (Å²) in [6, 6.07) is 0.692. The molecule has 1 atom stereocenters.